The number of ether oxygens (including phenoxy) is 6. The maximum absolute atomic E-state index is 14.8. The van der Waals surface area contributed by atoms with E-state index in [0.717, 1.165) is 25.7 Å². The van der Waals surface area contributed by atoms with E-state index < -0.39 is 141 Å². The van der Waals surface area contributed by atoms with Crippen LogP contribution in [0.25, 0.3) is 0 Å². The molecule has 67 heavy (non-hydrogen) atoms. The third-order valence-corrected chi connectivity index (χ3v) is 18.4. The number of Topliss-reactive ketones (excluding diaryl/α,β-unsaturated/α-hetero) is 1. The van der Waals surface area contributed by atoms with Gasteiger partial charge in [0.25, 0.3) is 0 Å². The van der Waals surface area contributed by atoms with Crippen LogP contribution in [0, 0.1) is 45.3 Å². The van der Waals surface area contributed by atoms with E-state index in [2.05, 4.69) is 47.6 Å². The molecule has 7 aliphatic rings. The molecule has 3 saturated heterocycles. The Balaban J connectivity index is 1.10. The second-order valence-electron chi connectivity index (χ2n) is 22.9. The first kappa shape index (κ1) is 53.5. The summed E-state index contributed by atoms with van der Waals surface area (Å²) in [5, 5.41) is 128. The Morgan fingerprint density at radius 2 is 1.28 bits per heavy atom. The van der Waals surface area contributed by atoms with Gasteiger partial charge in [-0.1, -0.05) is 53.2 Å². The summed E-state index contributed by atoms with van der Waals surface area (Å²) in [4.78, 5) is 14.8. The first-order chi connectivity index (χ1) is 31.2. The Bertz CT molecular complexity index is 1750. The maximum atomic E-state index is 14.8. The van der Waals surface area contributed by atoms with Crippen molar-refractivity contribution < 1.29 is 94.5 Å². The lowest BCUT2D eigenvalue weighted by atomic mass is 9.38. The fraction of sp³-hybridized carbons (Fsp3) is 0.938. The predicted octanol–water partition coefficient (Wildman–Crippen LogP) is -0.848. The average molecular weight is 961 g/mol. The zero-order chi connectivity index (χ0) is 49.5. The summed E-state index contributed by atoms with van der Waals surface area (Å²) < 4.78 is 35.4. The normalized spacial score (nSPS) is 49.9. The van der Waals surface area contributed by atoms with E-state index in [0.29, 0.717) is 19.3 Å². The van der Waals surface area contributed by atoms with Crippen molar-refractivity contribution in [1.29, 1.82) is 0 Å². The molecule has 0 radical (unpaired) electrons. The molecule has 19 nitrogen and oxygen atoms in total. The first-order valence-corrected chi connectivity index (χ1v) is 24.4. The van der Waals surface area contributed by atoms with E-state index in [1.807, 2.05) is 0 Å². The van der Waals surface area contributed by atoms with Gasteiger partial charge in [0.1, 0.15) is 79.0 Å². The zero-order valence-electron chi connectivity index (χ0n) is 40.2. The molecule has 6 fully saturated rings. The van der Waals surface area contributed by atoms with E-state index in [1.165, 1.54) is 19.4 Å². The highest BCUT2D eigenvalue weighted by atomic mass is 16.8. The van der Waals surface area contributed by atoms with Crippen molar-refractivity contribution in [2.24, 2.45) is 45.3 Å². The molecule has 0 aromatic heterocycles. The van der Waals surface area contributed by atoms with Gasteiger partial charge in [0.15, 0.2) is 18.9 Å². The van der Waals surface area contributed by atoms with Crippen LogP contribution in [0.5, 0.6) is 0 Å². The van der Waals surface area contributed by atoms with Crippen molar-refractivity contribution in [3.63, 3.8) is 0 Å². The molecule has 12 unspecified atom stereocenters. The van der Waals surface area contributed by atoms with Crippen LogP contribution in [0.4, 0.5) is 0 Å². The zero-order valence-corrected chi connectivity index (χ0v) is 40.2. The summed E-state index contributed by atoms with van der Waals surface area (Å²) in [7, 11) is 0. The second kappa shape index (κ2) is 19.6. The highest BCUT2D eigenvalue weighted by Gasteiger charge is 2.70. The minimum atomic E-state index is -1.91. The summed E-state index contributed by atoms with van der Waals surface area (Å²) in [6.45, 7) is 14.1. The number of allylic oxidation sites excluding steroid dienone is 1. The van der Waals surface area contributed by atoms with Gasteiger partial charge in [0.2, 0.25) is 0 Å². The molecule has 24 atom stereocenters. The van der Waals surface area contributed by atoms with Gasteiger partial charge in [-0.15, -0.1) is 0 Å². The number of carbonyl (C=O) groups is 1. The van der Waals surface area contributed by atoms with Gasteiger partial charge in [-0.05, 0) is 93.3 Å². The van der Waals surface area contributed by atoms with Crippen LogP contribution in [0.3, 0.4) is 0 Å². The van der Waals surface area contributed by atoms with Crippen LogP contribution in [0.1, 0.15) is 107 Å². The molecule has 0 amide bonds. The van der Waals surface area contributed by atoms with Gasteiger partial charge < -0.3 is 89.7 Å². The molecule has 0 bridgehead atoms. The summed E-state index contributed by atoms with van der Waals surface area (Å²) in [6.07, 6.45) is -19.3. The standard InChI is InChI=1S/C48H80O19/c1-21(22-15-16-46(6)28-12-10-23-24(11-13-29(51)44(23,2)3)48(28,8)30(52)17-47(22,46)7)9-14-31(45(4,5)61)66-43-40(67-42-39(60)36(57)33(54)26(19-50)64-42)37(58)34(55)27(65-43)20-62-41-38(59)35(56)32(53)25(18-49)63-41/h10,21-22,24-29,31-43,49-51,53-61H,9,11-20H2,1-8H3/t21-,22?,24?,25?,26?,27?,28?,29+,31-,32-,33-,34-,35?,36?,37?,38?,39?,40?,41-,42+,43+,46+,47-,48+/m1/s1. The van der Waals surface area contributed by atoms with Crippen LogP contribution in [0.2, 0.25) is 0 Å². The quantitative estimate of drug-likeness (QED) is 0.0944. The van der Waals surface area contributed by atoms with Gasteiger partial charge in [-0.3, -0.25) is 4.79 Å². The van der Waals surface area contributed by atoms with Crippen molar-refractivity contribution in [3.05, 3.63) is 11.6 Å². The van der Waals surface area contributed by atoms with E-state index >= 15 is 0 Å². The number of rotatable bonds is 14. The number of hydrogen-bond acceptors (Lipinski definition) is 19. The van der Waals surface area contributed by atoms with E-state index in [-0.39, 0.29) is 46.7 Å². The molecule has 0 aromatic carbocycles. The number of aliphatic hydroxyl groups excluding tert-OH is 11. The first-order valence-electron chi connectivity index (χ1n) is 24.4. The third-order valence-electron chi connectivity index (χ3n) is 18.4. The van der Waals surface area contributed by atoms with Crippen LogP contribution in [0.15, 0.2) is 11.6 Å². The molecular formula is C48H80O19. The molecule has 3 heterocycles. The fourth-order valence-electron chi connectivity index (χ4n) is 13.8. The minimum Gasteiger partial charge on any atom is -0.394 e. The maximum Gasteiger partial charge on any atom is 0.187 e. The van der Waals surface area contributed by atoms with Crippen molar-refractivity contribution >= 4 is 5.78 Å². The lowest BCUT2D eigenvalue weighted by Gasteiger charge is -2.64. The van der Waals surface area contributed by atoms with Gasteiger partial charge in [-0.2, -0.15) is 0 Å². The monoisotopic (exact) mass is 961 g/mol. The number of carbonyl (C=O) groups excluding carboxylic acids is 1. The highest BCUT2D eigenvalue weighted by molar-refractivity contribution is 5.88. The molecule has 19 heteroatoms. The van der Waals surface area contributed by atoms with Crippen molar-refractivity contribution in [2.75, 3.05) is 19.8 Å². The molecule has 3 aliphatic heterocycles. The van der Waals surface area contributed by atoms with Gasteiger partial charge >= 0.3 is 0 Å². The van der Waals surface area contributed by atoms with Gasteiger partial charge in [-0.25, -0.2) is 0 Å². The Morgan fingerprint density at radius 3 is 1.88 bits per heavy atom. The molecule has 0 aromatic rings. The van der Waals surface area contributed by atoms with Crippen LogP contribution in [-0.4, -0.2) is 197 Å². The molecule has 0 spiro atoms. The van der Waals surface area contributed by atoms with E-state index in [4.69, 9.17) is 28.4 Å². The number of ketones is 1. The Morgan fingerprint density at radius 1 is 0.716 bits per heavy atom. The predicted molar refractivity (Wildman–Crippen MR) is 234 cm³/mol. The summed E-state index contributed by atoms with van der Waals surface area (Å²) >= 11 is 0. The highest BCUT2D eigenvalue weighted by Crippen LogP contribution is 2.74. The van der Waals surface area contributed by atoms with Gasteiger partial charge in [0.05, 0.1) is 37.6 Å². The molecule has 12 N–H and O–H groups in total. The Kier molecular flexibility index (Phi) is 15.7. The van der Waals surface area contributed by atoms with E-state index in [1.54, 1.807) is 0 Å². The summed E-state index contributed by atoms with van der Waals surface area (Å²) in [5.41, 5.74) is -1.79. The summed E-state index contributed by atoms with van der Waals surface area (Å²) in [5.74, 6) is 0.657. The van der Waals surface area contributed by atoms with Gasteiger partial charge in [0, 0.05) is 17.3 Å². The Hall–Kier alpha value is -1.31. The number of aliphatic hydroxyl groups is 12. The van der Waals surface area contributed by atoms with Crippen LogP contribution < -0.4 is 0 Å². The SMILES string of the molecule is C[C@H](CC[C@@H](O[C@@H]1OC(CO[C@@H]2OC(CO)[C@@H](O)C(O)C2O)[C@@H](O)C(O)C1O[C@@H]1OC(CO)[C@@H](O)C(O)C1O)C(C)(C)O)C1CC[C@@]2(C)C3CC=C4C(CC[C@H](O)C4(C)C)[C@]3(C)C(=O)C[C@]12C. The minimum absolute atomic E-state index is 0.0384. The van der Waals surface area contributed by atoms with E-state index in [9.17, 15) is 66.1 Å². The van der Waals surface area contributed by atoms with Crippen molar-refractivity contribution in [2.45, 2.75) is 217 Å². The lowest BCUT2D eigenvalue weighted by Crippen LogP contribution is -2.65. The van der Waals surface area contributed by atoms with Crippen LogP contribution >= 0.6 is 0 Å². The molecule has 7 rings (SSSR count). The molecular weight excluding hydrogens is 881 g/mol. The lowest BCUT2D eigenvalue weighted by molar-refractivity contribution is -0.380. The van der Waals surface area contributed by atoms with Crippen LogP contribution in [-0.2, 0) is 33.2 Å². The largest absolute Gasteiger partial charge is 0.394 e. The topological polar surface area (TPSA) is 315 Å². The summed E-state index contributed by atoms with van der Waals surface area (Å²) in [6, 6.07) is 0. The smallest absolute Gasteiger partial charge is 0.187 e. The van der Waals surface area contributed by atoms with Crippen molar-refractivity contribution in [1.82, 2.24) is 0 Å². The number of hydrogen-bond donors (Lipinski definition) is 12. The molecule has 3 saturated carbocycles. The second-order valence-corrected chi connectivity index (χ2v) is 22.9. The third kappa shape index (κ3) is 9.15. The molecule has 386 valence electrons. The fourth-order valence-corrected chi connectivity index (χ4v) is 13.8. The Labute approximate surface area is 393 Å². The average Bonchev–Trinajstić information content (AvgIpc) is 3.54. The molecule has 4 aliphatic carbocycles. The van der Waals surface area contributed by atoms with Crippen molar-refractivity contribution in [3.8, 4) is 0 Å². The number of fused-ring (bicyclic) bond motifs is 5.